The number of benzene rings is 2. The zero-order chi connectivity index (χ0) is 34.8. The first-order chi connectivity index (χ1) is 23.0. The van der Waals surface area contributed by atoms with E-state index in [0.29, 0.717) is 36.7 Å². The lowest BCUT2D eigenvalue weighted by Gasteiger charge is -2.48. The SMILES string of the molecule is C=CCOC(=O)O[C@H](C)[C@H]1C(=O)N(Cc2ccc(OC)cc2)[C@@H]1CC(=O)S[C@H]1CCN(C(C)=NC(=O)OCc2ccc([N+](=O)[O-])cc2)C1. The number of hydrogen-bond acceptors (Lipinski definition) is 11. The van der Waals surface area contributed by atoms with Gasteiger partial charge in [-0.05, 0) is 55.7 Å². The first-order valence-corrected chi connectivity index (χ1v) is 16.1. The number of nitro groups is 1. The van der Waals surface area contributed by atoms with Crippen molar-refractivity contribution in [1.29, 1.82) is 0 Å². The summed E-state index contributed by atoms with van der Waals surface area (Å²) in [4.78, 5) is 68.9. The largest absolute Gasteiger partial charge is 0.508 e. The molecular weight excluding hydrogens is 644 g/mol. The number of likely N-dealkylation sites (tertiary alicyclic amines) is 2. The lowest BCUT2D eigenvalue weighted by molar-refractivity contribution is -0.384. The van der Waals surface area contributed by atoms with E-state index in [-0.39, 0.29) is 48.1 Å². The minimum atomic E-state index is -0.915. The van der Waals surface area contributed by atoms with E-state index in [0.717, 1.165) is 5.56 Å². The molecule has 2 aliphatic heterocycles. The molecular formula is C33H38N4O10S. The van der Waals surface area contributed by atoms with Crippen LogP contribution < -0.4 is 4.74 Å². The number of carbonyl (C=O) groups excluding carboxylic acids is 4. The molecule has 0 unspecified atom stereocenters. The van der Waals surface area contributed by atoms with Crippen LogP contribution in [0, 0.1) is 16.0 Å². The topological polar surface area (TPSA) is 167 Å². The number of nitro benzene ring substituents is 1. The molecule has 2 aromatic rings. The molecule has 0 aliphatic carbocycles. The Morgan fingerprint density at radius 3 is 2.46 bits per heavy atom. The van der Waals surface area contributed by atoms with Crippen LogP contribution >= 0.6 is 11.8 Å². The van der Waals surface area contributed by atoms with Crippen LogP contribution in [0.3, 0.4) is 0 Å². The monoisotopic (exact) mass is 682 g/mol. The second-order valence-corrected chi connectivity index (χ2v) is 12.6. The molecule has 2 fully saturated rings. The summed E-state index contributed by atoms with van der Waals surface area (Å²) >= 11 is 1.19. The third kappa shape index (κ3) is 9.56. The lowest BCUT2D eigenvalue weighted by atomic mass is 9.81. The van der Waals surface area contributed by atoms with Crippen molar-refractivity contribution in [3.8, 4) is 5.75 Å². The van der Waals surface area contributed by atoms with Gasteiger partial charge in [-0.1, -0.05) is 36.5 Å². The fourth-order valence-corrected chi connectivity index (χ4v) is 6.62. The van der Waals surface area contributed by atoms with Gasteiger partial charge >= 0.3 is 12.2 Å². The minimum Gasteiger partial charge on any atom is -0.497 e. The number of non-ortho nitro benzene ring substituents is 1. The van der Waals surface area contributed by atoms with E-state index < -0.39 is 35.2 Å². The number of β-lactam (4-membered cyclic amide) rings is 1. The third-order valence-corrected chi connectivity index (χ3v) is 9.19. The van der Waals surface area contributed by atoms with Crippen molar-refractivity contribution >= 4 is 46.6 Å². The van der Waals surface area contributed by atoms with Gasteiger partial charge in [0.2, 0.25) is 5.91 Å². The van der Waals surface area contributed by atoms with Crippen molar-refractivity contribution in [2.45, 2.75) is 57.2 Å². The maximum atomic E-state index is 13.4. The summed E-state index contributed by atoms with van der Waals surface area (Å²) in [6.07, 6.45) is -0.375. The summed E-state index contributed by atoms with van der Waals surface area (Å²) in [5.41, 5.74) is 1.39. The van der Waals surface area contributed by atoms with Crippen LogP contribution in [0.4, 0.5) is 15.3 Å². The summed E-state index contributed by atoms with van der Waals surface area (Å²) in [6, 6.07) is 12.5. The van der Waals surface area contributed by atoms with E-state index in [2.05, 4.69) is 11.6 Å². The Kier molecular flexibility index (Phi) is 12.5. The van der Waals surface area contributed by atoms with Crippen molar-refractivity contribution in [2.24, 2.45) is 10.9 Å². The standard InChI is InChI=1S/C33H38N4O10S/c1-5-16-45-33(41)47-21(2)30-28(36(31(30)39)18-23-8-12-26(44-4)13-9-23)17-29(38)48-27-14-15-35(19-27)22(3)34-32(40)46-20-24-6-10-25(11-7-24)37(42)43/h5-13,21,27-28,30H,1,14-20H2,2-4H3/t21-,27+,28-,30-/m1/s1. The number of hydrogen-bond donors (Lipinski definition) is 0. The smallest absolute Gasteiger partial charge is 0.497 e. The Morgan fingerprint density at radius 2 is 1.81 bits per heavy atom. The zero-order valence-electron chi connectivity index (χ0n) is 26.9. The van der Waals surface area contributed by atoms with Gasteiger partial charge in [-0.3, -0.25) is 19.7 Å². The first kappa shape index (κ1) is 35.9. The Morgan fingerprint density at radius 1 is 1.12 bits per heavy atom. The molecule has 14 nitrogen and oxygen atoms in total. The summed E-state index contributed by atoms with van der Waals surface area (Å²) in [6.45, 7) is 8.03. The molecule has 4 rings (SSSR count). The molecule has 256 valence electrons. The number of amides is 2. The van der Waals surface area contributed by atoms with Gasteiger partial charge in [0, 0.05) is 43.4 Å². The maximum absolute atomic E-state index is 13.4. The quantitative estimate of drug-likeness (QED) is 0.0520. The van der Waals surface area contributed by atoms with Gasteiger partial charge in [0.25, 0.3) is 5.69 Å². The molecule has 0 saturated carbocycles. The summed E-state index contributed by atoms with van der Waals surface area (Å²) < 4.78 is 20.7. The first-order valence-electron chi connectivity index (χ1n) is 15.3. The zero-order valence-corrected chi connectivity index (χ0v) is 27.8. The van der Waals surface area contributed by atoms with Gasteiger partial charge in [-0.15, -0.1) is 0 Å². The highest BCUT2D eigenvalue weighted by atomic mass is 32.2. The highest BCUT2D eigenvalue weighted by molar-refractivity contribution is 8.14. The van der Waals surface area contributed by atoms with E-state index in [4.69, 9.17) is 18.9 Å². The van der Waals surface area contributed by atoms with Crippen molar-refractivity contribution in [1.82, 2.24) is 9.80 Å². The molecule has 2 amide bonds. The lowest BCUT2D eigenvalue weighted by Crippen LogP contribution is -2.64. The number of rotatable bonds is 13. The van der Waals surface area contributed by atoms with Gasteiger partial charge in [0.1, 0.15) is 30.9 Å². The van der Waals surface area contributed by atoms with Gasteiger partial charge in [0.05, 0.1) is 24.0 Å². The Hall–Kier alpha value is -4.92. The Balaban J connectivity index is 1.32. The van der Waals surface area contributed by atoms with Crippen LogP contribution in [-0.4, -0.2) is 88.0 Å². The number of nitrogens with zero attached hydrogens (tertiary/aromatic N) is 4. The number of thioether (sulfide) groups is 1. The summed E-state index contributed by atoms with van der Waals surface area (Å²) in [5.74, 6) is 0.191. The molecule has 0 bridgehead atoms. The molecule has 2 aliphatic rings. The predicted octanol–water partition coefficient (Wildman–Crippen LogP) is 5.14. The number of carbonyl (C=O) groups is 4. The molecule has 2 saturated heterocycles. The van der Waals surface area contributed by atoms with Crippen molar-refractivity contribution in [2.75, 3.05) is 26.8 Å². The molecule has 0 aromatic heterocycles. The predicted molar refractivity (Wildman–Crippen MR) is 176 cm³/mol. The van der Waals surface area contributed by atoms with E-state index in [9.17, 15) is 29.3 Å². The highest BCUT2D eigenvalue weighted by Crippen LogP contribution is 2.37. The average Bonchev–Trinajstić information content (AvgIpc) is 3.54. The van der Waals surface area contributed by atoms with E-state index in [1.165, 1.54) is 42.1 Å². The second kappa shape index (κ2) is 16.8. The molecule has 2 heterocycles. The molecule has 2 aromatic carbocycles. The normalized spacial score (nSPS) is 19.6. The van der Waals surface area contributed by atoms with Crippen molar-refractivity contribution in [3.63, 3.8) is 0 Å². The van der Waals surface area contributed by atoms with E-state index >= 15 is 0 Å². The van der Waals surface area contributed by atoms with E-state index in [1.807, 2.05) is 17.0 Å². The average molecular weight is 683 g/mol. The Labute approximate surface area is 282 Å². The minimum absolute atomic E-state index is 0.0295. The van der Waals surface area contributed by atoms with Gasteiger partial charge in [0.15, 0.2) is 5.12 Å². The molecule has 4 atom stereocenters. The molecule has 0 radical (unpaired) electrons. The summed E-state index contributed by atoms with van der Waals surface area (Å²) in [7, 11) is 1.57. The summed E-state index contributed by atoms with van der Waals surface area (Å²) in [5, 5.41) is 10.6. The fourth-order valence-electron chi connectivity index (χ4n) is 5.51. The number of methoxy groups -OCH3 is 1. The molecule has 0 spiro atoms. The van der Waals surface area contributed by atoms with Crippen molar-refractivity contribution in [3.05, 3.63) is 82.4 Å². The van der Waals surface area contributed by atoms with Gasteiger partial charge in [-0.2, -0.15) is 4.99 Å². The van der Waals surface area contributed by atoms with E-state index in [1.54, 1.807) is 38.0 Å². The van der Waals surface area contributed by atoms with Crippen LogP contribution in [0.2, 0.25) is 0 Å². The Bertz CT molecular complexity index is 1530. The number of aliphatic imine (C=N–C) groups is 1. The van der Waals surface area contributed by atoms with Gasteiger partial charge < -0.3 is 28.7 Å². The third-order valence-electron chi connectivity index (χ3n) is 8.04. The number of ether oxygens (including phenoxy) is 4. The molecule has 15 heteroatoms. The maximum Gasteiger partial charge on any atom is 0.508 e. The van der Waals surface area contributed by atoms with Crippen LogP contribution in [0.15, 0.2) is 66.2 Å². The highest BCUT2D eigenvalue weighted by Gasteiger charge is 2.52. The fraction of sp³-hybridized carbons (Fsp3) is 0.424. The number of amidine groups is 1. The van der Waals surface area contributed by atoms with Crippen LogP contribution in [-0.2, 0) is 37.0 Å². The van der Waals surface area contributed by atoms with Crippen LogP contribution in [0.25, 0.3) is 0 Å². The van der Waals surface area contributed by atoms with Crippen LogP contribution in [0.5, 0.6) is 5.75 Å². The van der Waals surface area contributed by atoms with Crippen LogP contribution in [0.1, 0.15) is 37.8 Å². The van der Waals surface area contributed by atoms with Crippen molar-refractivity contribution < 1.29 is 43.0 Å². The molecule has 48 heavy (non-hydrogen) atoms. The second-order valence-electron chi connectivity index (χ2n) is 11.3. The van der Waals surface area contributed by atoms with Gasteiger partial charge in [-0.25, -0.2) is 9.59 Å². The molecule has 0 N–H and O–H groups in total.